The fourth-order valence-electron chi connectivity index (χ4n) is 1.67. The van der Waals surface area contributed by atoms with Crippen LogP contribution in [0.4, 0.5) is 8.78 Å². The Hall–Kier alpha value is -2.02. The lowest BCUT2D eigenvalue weighted by Gasteiger charge is -2.14. The van der Waals surface area contributed by atoms with Gasteiger partial charge >= 0.3 is 0 Å². The Balaban J connectivity index is 2.47. The average molecular weight is 286 g/mol. The first-order valence-corrected chi connectivity index (χ1v) is 6.20. The monoisotopic (exact) mass is 286 g/mol. The van der Waals surface area contributed by atoms with Crippen molar-refractivity contribution >= 4 is 11.8 Å². The van der Waals surface area contributed by atoms with Crippen molar-refractivity contribution in [3.63, 3.8) is 0 Å². The summed E-state index contributed by atoms with van der Waals surface area (Å²) < 4.78 is 26.3. The van der Waals surface area contributed by atoms with Gasteiger partial charge < -0.3 is 16.0 Å². The van der Waals surface area contributed by atoms with Gasteiger partial charge in [-0.15, -0.1) is 0 Å². The lowest BCUT2D eigenvalue weighted by Crippen LogP contribution is -2.88. The lowest BCUT2D eigenvalue weighted by atomic mass is 10.1. The molecular formula is C13H18F2N3O2+. The highest BCUT2D eigenvalue weighted by atomic mass is 19.1. The highest BCUT2D eigenvalue weighted by Gasteiger charge is 2.15. The van der Waals surface area contributed by atoms with E-state index in [0.717, 1.165) is 12.1 Å². The Bertz CT molecular complexity index is 495. The molecule has 0 aliphatic carbocycles. The predicted molar refractivity (Wildman–Crippen MR) is 68.6 cm³/mol. The van der Waals surface area contributed by atoms with Crippen LogP contribution in [-0.4, -0.2) is 32.0 Å². The first-order valence-electron chi connectivity index (χ1n) is 6.20. The van der Waals surface area contributed by atoms with Crippen molar-refractivity contribution in [2.24, 2.45) is 0 Å². The van der Waals surface area contributed by atoms with Crippen LogP contribution in [-0.2, 0) is 9.59 Å². The number of nitrogens with two attached hydrogens (primary N) is 1. The van der Waals surface area contributed by atoms with Crippen LogP contribution >= 0.6 is 0 Å². The second-order valence-electron chi connectivity index (χ2n) is 4.33. The van der Waals surface area contributed by atoms with Gasteiger partial charge in [-0.25, -0.2) is 8.78 Å². The Labute approximate surface area is 115 Å². The molecule has 0 bridgehead atoms. The molecule has 2 amide bonds. The van der Waals surface area contributed by atoms with E-state index in [2.05, 4.69) is 10.6 Å². The summed E-state index contributed by atoms with van der Waals surface area (Å²) in [4.78, 5) is 22.6. The molecule has 0 saturated heterocycles. The van der Waals surface area contributed by atoms with Gasteiger partial charge in [0.2, 0.25) is 0 Å². The summed E-state index contributed by atoms with van der Waals surface area (Å²) in [6.07, 6.45) is 0. The fourth-order valence-corrected chi connectivity index (χ4v) is 1.67. The number of rotatable bonds is 6. The number of hydrogen-bond acceptors (Lipinski definition) is 2. The predicted octanol–water partition coefficient (Wildman–Crippen LogP) is -0.549. The quantitative estimate of drug-likeness (QED) is 0.656. The number of carbonyl (C=O) groups excluding carboxylic acids is 2. The molecule has 0 spiro atoms. The minimum atomic E-state index is -0.702. The van der Waals surface area contributed by atoms with Crippen LogP contribution in [0.3, 0.4) is 0 Å². The maximum Gasteiger partial charge on any atom is 0.275 e. The molecule has 5 nitrogen and oxygen atoms in total. The van der Waals surface area contributed by atoms with E-state index in [9.17, 15) is 18.4 Å². The molecule has 0 aromatic heterocycles. The van der Waals surface area contributed by atoms with E-state index in [1.807, 2.05) is 0 Å². The van der Waals surface area contributed by atoms with Crippen molar-refractivity contribution in [1.29, 1.82) is 0 Å². The molecule has 0 heterocycles. The maximum absolute atomic E-state index is 13.5. The van der Waals surface area contributed by atoms with Gasteiger partial charge in [0.05, 0.1) is 6.04 Å². The van der Waals surface area contributed by atoms with Gasteiger partial charge in [0.15, 0.2) is 13.1 Å². The number of benzene rings is 1. The molecular weight excluding hydrogens is 268 g/mol. The summed E-state index contributed by atoms with van der Waals surface area (Å²) in [5, 5.41) is 6.54. The largest absolute Gasteiger partial charge is 0.354 e. The highest BCUT2D eigenvalue weighted by Crippen LogP contribution is 2.17. The smallest absolute Gasteiger partial charge is 0.275 e. The van der Waals surface area contributed by atoms with Crippen molar-refractivity contribution in [3.05, 3.63) is 35.4 Å². The third kappa shape index (κ3) is 4.93. The molecule has 7 heteroatoms. The van der Waals surface area contributed by atoms with Crippen LogP contribution in [0, 0.1) is 11.6 Å². The third-order valence-electron chi connectivity index (χ3n) is 2.74. The van der Waals surface area contributed by atoms with E-state index in [4.69, 9.17) is 0 Å². The maximum atomic E-state index is 13.5. The SMILES string of the molecule is CNC(=O)C[NH2+]CC(=O)N[C@H](C)c1ccc(F)cc1F. The fraction of sp³-hybridized carbons (Fsp3) is 0.385. The topological polar surface area (TPSA) is 74.8 Å². The Kier molecular flexibility index (Phi) is 6.05. The van der Waals surface area contributed by atoms with Crippen molar-refractivity contribution in [2.45, 2.75) is 13.0 Å². The lowest BCUT2D eigenvalue weighted by molar-refractivity contribution is -0.633. The minimum Gasteiger partial charge on any atom is -0.354 e. The highest BCUT2D eigenvalue weighted by molar-refractivity contribution is 5.78. The summed E-state index contributed by atoms with van der Waals surface area (Å²) in [5.74, 6) is -1.88. The normalized spacial score (nSPS) is 11.8. The van der Waals surface area contributed by atoms with E-state index in [1.54, 1.807) is 6.92 Å². The van der Waals surface area contributed by atoms with E-state index in [0.29, 0.717) is 0 Å². The summed E-state index contributed by atoms with van der Waals surface area (Å²) >= 11 is 0. The first-order chi connectivity index (χ1) is 9.43. The first kappa shape index (κ1) is 16.0. The standard InChI is InChI=1S/C13H17F2N3O2/c1-8(10-4-3-9(14)5-11(10)15)18-13(20)7-17-6-12(19)16-2/h3-5,8,17H,6-7H2,1-2H3,(H,16,19)(H,18,20)/p+1/t8-/m1/s1. The zero-order valence-corrected chi connectivity index (χ0v) is 11.4. The Morgan fingerprint density at radius 3 is 2.50 bits per heavy atom. The van der Waals surface area contributed by atoms with Crippen LogP contribution in [0.5, 0.6) is 0 Å². The summed E-state index contributed by atoms with van der Waals surface area (Å²) in [5.41, 5.74) is 0.214. The molecule has 0 saturated carbocycles. The molecule has 20 heavy (non-hydrogen) atoms. The third-order valence-corrected chi connectivity index (χ3v) is 2.74. The van der Waals surface area contributed by atoms with E-state index < -0.39 is 17.7 Å². The molecule has 0 fully saturated rings. The number of carbonyl (C=O) groups is 2. The summed E-state index contributed by atoms with van der Waals surface area (Å²) in [6.45, 7) is 1.80. The Morgan fingerprint density at radius 2 is 1.90 bits per heavy atom. The van der Waals surface area contributed by atoms with Crippen LogP contribution in [0.15, 0.2) is 18.2 Å². The van der Waals surface area contributed by atoms with E-state index >= 15 is 0 Å². The van der Waals surface area contributed by atoms with Gasteiger partial charge in [-0.05, 0) is 13.0 Å². The van der Waals surface area contributed by atoms with E-state index in [-0.39, 0.29) is 30.5 Å². The number of halogens is 2. The molecule has 1 rings (SSSR count). The van der Waals surface area contributed by atoms with Crippen molar-refractivity contribution in [2.75, 3.05) is 20.1 Å². The number of amides is 2. The van der Waals surface area contributed by atoms with Crippen molar-refractivity contribution < 1.29 is 23.7 Å². The van der Waals surface area contributed by atoms with Crippen LogP contribution in [0.25, 0.3) is 0 Å². The van der Waals surface area contributed by atoms with Gasteiger partial charge in [-0.3, -0.25) is 9.59 Å². The number of likely N-dealkylation sites (N-methyl/N-ethyl adjacent to an activating group) is 1. The zero-order chi connectivity index (χ0) is 15.1. The molecule has 110 valence electrons. The number of quaternary nitrogens is 1. The molecule has 0 radical (unpaired) electrons. The minimum absolute atomic E-state index is 0.0561. The average Bonchev–Trinajstić information content (AvgIpc) is 2.38. The van der Waals surface area contributed by atoms with Gasteiger partial charge in [-0.1, -0.05) is 6.07 Å². The van der Waals surface area contributed by atoms with Gasteiger partial charge in [0.25, 0.3) is 11.8 Å². The molecule has 1 atom stereocenters. The van der Waals surface area contributed by atoms with Crippen molar-refractivity contribution in [3.8, 4) is 0 Å². The van der Waals surface area contributed by atoms with Gasteiger partial charge in [-0.2, -0.15) is 0 Å². The summed E-state index contributed by atoms with van der Waals surface area (Å²) in [6, 6.07) is 2.63. The van der Waals surface area contributed by atoms with E-state index in [1.165, 1.54) is 18.4 Å². The Morgan fingerprint density at radius 1 is 1.25 bits per heavy atom. The second-order valence-corrected chi connectivity index (χ2v) is 4.33. The van der Waals surface area contributed by atoms with Crippen LogP contribution < -0.4 is 16.0 Å². The molecule has 0 unspecified atom stereocenters. The van der Waals surface area contributed by atoms with Gasteiger partial charge in [0, 0.05) is 18.7 Å². The molecule has 0 aliphatic heterocycles. The summed E-state index contributed by atoms with van der Waals surface area (Å²) in [7, 11) is 1.51. The molecule has 0 aliphatic rings. The number of hydrogen-bond donors (Lipinski definition) is 3. The van der Waals surface area contributed by atoms with Crippen LogP contribution in [0.2, 0.25) is 0 Å². The second kappa shape index (κ2) is 7.54. The zero-order valence-electron chi connectivity index (χ0n) is 11.4. The molecule has 1 aromatic rings. The molecule has 4 N–H and O–H groups in total. The number of nitrogens with one attached hydrogen (secondary N) is 2. The van der Waals surface area contributed by atoms with Crippen LogP contribution in [0.1, 0.15) is 18.5 Å². The van der Waals surface area contributed by atoms with Gasteiger partial charge in [0.1, 0.15) is 11.6 Å². The molecule has 1 aromatic carbocycles. The van der Waals surface area contributed by atoms with Crippen molar-refractivity contribution in [1.82, 2.24) is 10.6 Å².